The summed E-state index contributed by atoms with van der Waals surface area (Å²) in [4.78, 5) is 1.46. The van der Waals surface area contributed by atoms with E-state index in [1.807, 2.05) is 11.8 Å². The average molecular weight is 113 g/mol. The Morgan fingerprint density at radius 1 is 1.57 bits per heavy atom. The summed E-state index contributed by atoms with van der Waals surface area (Å²) in [5.74, 6) is 2.72. The van der Waals surface area contributed by atoms with Gasteiger partial charge in [0, 0.05) is 11.7 Å². The van der Waals surface area contributed by atoms with Gasteiger partial charge in [-0.3, -0.25) is 0 Å². The van der Waals surface area contributed by atoms with Crippen molar-refractivity contribution in [2.24, 2.45) is 0 Å². The maximum atomic E-state index is 2.24. The van der Waals surface area contributed by atoms with Crippen molar-refractivity contribution in [2.45, 2.75) is 13.8 Å². The van der Waals surface area contributed by atoms with Crippen LogP contribution < -0.4 is 0 Å². The fourth-order valence-electron chi connectivity index (χ4n) is 0.658. The first-order valence-electron chi connectivity index (χ1n) is 2.42. The Morgan fingerprint density at radius 3 is 2.43 bits per heavy atom. The predicted octanol–water partition coefficient (Wildman–Crippen LogP) is 2.23. The number of rotatable bonds is 0. The third-order valence-corrected chi connectivity index (χ3v) is 2.15. The maximum Gasteiger partial charge on any atom is 0.00743 e. The molecular formula is C6H9S. The first kappa shape index (κ1) is 5.23. The minimum absolute atomic E-state index is 1.21. The van der Waals surface area contributed by atoms with Gasteiger partial charge in [0.05, 0.1) is 0 Å². The van der Waals surface area contributed by atoms with Crippen LogP contribution in [0, 0.1) is 5.92 Å². The van der Waals surface area contributed by atoms with Crippen LogP contribution in [-0.4, -0.2) is 5.75 Å². The second-order valence-corrected chi connectivity index (χ2v) is 3.11. The summed E-state index contributed by atoms with van der Waals surface area (Å²) < 4.78 is 0. The molecule has 0 unspecified atom stereocenters. The zero-order valence-electron chi connectivity index (χ0n) is 4.69. The molecule has 0 atom stereocenters. The standard InChI is InChI=1S/C6H9S/c1-5-3-6(2)7-4-5/h3H,4H2,1-2H3. The minimum atomic E-state index is 1.21. The number of hydrogen-bond donors (Lipinski definition) is 0. The monoisotopic (exact) mass is 113 g/mol. The van der Waals surface area contributed by atoms with E-state index < -0.39 is 0 Å². The van der Waals surface area contributed by atoms with Crippen LogP contribution in [0.5, 0.6) is 0 Å². The molecule has 1 aliphatic rings. The molecule has 0 saturated carbocycles. The smallest absolute Gasteiger partial charge is 0.00743 e. The van der Waals surface area contributed by atoms with Crippen molar-refractivity contribution >= 4 is 11.8 Å². The van der Waals surface area contributed by atoms with Gasteiger partial charge in [0.25, 0.3) is 0 Å². The number of hydrogen-bond acceptors (Lipinski definition) is 1. The Balaban J connectivity index is 2.50. The molecule has 0 aliphatic carbocycles. The lowest BCUT2D eigenvalue weighted by Crippen LogP contribution is -1.79. The molecule has 0 nitrogen and oxygen atoms in total. The number of allylic oxidation sites excluding steroid dienone is 2. The third kappa shape index (κ3) is 1.23. The van der Waals surface area contributed by atoms with E-state index in [1.165, 1.54) is 16.6 Å². The zero-order valence-corrected chi connectivity index (χ0v) is 5.51. The molecule has 39 valence electrons. The molecule has 1 aliphatic heterocycles. The lowest BCUT2D eigenvalue weighted by Gasteiger charge is -1.87. The van der Waals surface area contributed by atoms with E-state index in [0.29, 0.717) is 0 Å². The summed E-state index contributed by atoms with van der Waals surface area (Å²) in [5, 5.41) is 0. The van der Waals surface area contributed by atoms with Crippen molar-refractivity contribution in [3.63, 3.8) is 0 Å². The Labute approximate surface area is 49.0 Å². The summed E-state index contributed by atoms with van der Waals surface area (Å²) >= 11 is 1.93. The summed E-state index contributed by atoms with van der Waals surface area (Å²) in [6.07, 6.45) is 2.24. The fraction of sp³-hybridized carbons (Fsp3) is 0.500. The van der Waals surface area contributed by atoms with Gasteiger partial charge in [-0.15, -0.1) is 11.8 Å². The van der Waals surface area contributed by atoms with Crippen LogP contribution in [0.1, 0.15) is 13.8 Å². The fourth-order valence-corrected chi connectivity index (χ4v) is 1.48. The molecule has 0 fully saturated rings. The molecule has 7 heavy (non-hydrogen) atoms. The van der Waals surface area contributed by atoms with Gasteiger partial charge < -0.3 is 0 Å². The zero-order chi connectivity index (χ0) is 5.28. The molecule has 0 saturated heterocycles. The third-order valence-electron chi connectivity index (χ3n) is 0.977. The topological polar surface area (TPSA) is 0 Å². The van der Waals surface area contributed by atoms with Crippen LogP contribution in [0.2, 0.25) is 0 Å². The Morgan fingerprint density at radius 2 is 2.29 bits per heavy atom. The molecule has 0 spiro atoms. The molecule has 0 aromatic carbocycles. The largest absolute Gasteiger partial charge is 0.130 e. The van der Waals surface area contributed by atoms with Crippen LogP contribution in [0.4, 0.5) is 0 Å². The van der Waals surface area contributed by atoms with Crippen molar-refractivity contribution < 1.29 is 0 Å². The molecule has 1 heterocycles. The highest BCUT2D eigenvalue weighted by molar-refractivity contribution is 8.03. The Hall–Kier alpha value is 0.0900. The maximum absolute atomic E-state index is 2.24. The second kappa shape index (κ2) is 1.91. The molecule has 0 N–H and O–H groups in total. The molecular weight excluding hydrogens is 104 g/mol. The lowest BCUT2D eigenvalue weighted by molar-refractivity contribution is 1.24. The van der Waals surface area contributed by atoms with Crippen molar-refractivity contribution in [1.82, 2.24) is 0 Å². The molecule has 0 bridgehead atoms. The SMILES string of the molecule is C[C]1C=C(C)SC1. The van der Waals surface area contributed by atoms with Crippen LogP contribution in [0.25, 0.3) is 0 Å². The van der Waals surface area contributed by atoms with Crippen molar-refractivity contribution in [3.8, 4) is 0 Å². The highest BCUT2D eigenvalue weighted by atomic mass is 32.2. The molecule has 1 heteroatoms. The molecule has 0 aromatic heterocycles. The predicted molar refractivity (Wildman–Crippen MR) is 35.1 cm³/mol. The Kier molecular flexibility index (Phi) is 1.43. The van der Waals surface area contributed by atoms with E-state index in [9.17, 15) is 0 Å². The van der Waals surface area contributed by atoms with E-state index in [1.54, 1.807) is 0 Å². The van der Waals surface area contributed by atoms with Gasteiger partial charge >= 0.3 is 0 Å². The van der Waals surface area contributed by atoms with E-state index in [0.717, 1.165) is 0 Å². The van der Waals surface area contributed by atoms with E-state index >= 15 is 0 Å². The van der Waals surface area contributed by atoms with E-state index in [4.69, 9.17) is 0 Å². The van der Waals surface area contributed by atoms with Gasteiger partial charge in [0.15, 0.2) is 0 Å². The van der Waals surface area contributed by atoms with Crippen molar-refractivity contribution in [1.29, 1.82) is 0 Å². The second-order valence-electron chi connectivity index (χ2n) is 1.89. The first-order valence-corrected chi connectivity index (χ1v) is 3.41. The average Bonchev–Trinajstić information content (AvgIpc) is 1.87. The highest BCUT2D eigenvalue weighted by Gasteiger charge is 2.06. The minimum Gasteiger partial charge on any atom is -0.130 e. The summed E-state index contributed by atoms with van der Waals surface area (Å²) in [7, 11) is 0. The van der Waals surface area contributed by atoms with Crippen LogP contribution in [0.3, 0.4) is 0 Å². The van der Waals surface area contributed by atoms with Crippen LogP contribution in [-0.2, 0) is 0 Å². The van der Waals surface area contributed by atoms with E-state index in [-0.39, 0.29) is 0 Å². The van der Waals surface area contributed by atoms with Gasteiger partial charge in [-0.2, -0.15) is 0 Å². The molecule has 0 amide bonds. The quantitative estimate of drug-likeness (QED) is 0.464. The van der Waals surface area contributed by atoms with Gasteiger partial charge in [-0.1, -0.05) is 13.0 Å². The first-order chi connectivity index (χ1) is 3.29. The highest BCUT2D eigenvalue weighted by Crippen LogP contribution is 2.28. The Bertz CT molecular complexity index is 94.4. The molecule has 1 rings (SSSR count). The van der Waals surface area contributed by atoms with Crippen molar-refractivity contribution in [2.75, 3.05) is 5.75 Å². The van der Waals surface area contributed by atoms with Gasteiger partial charge in [-0.05, 0) is 11.8 Å². The number of thioether (sulfide) groups is 1. The summed E-state index contributed by atoms with van der Waals surface area (Å²) in [6.45, 7) is 4.32. The molecule has 1 radical (unpaired) electrons. The van der Waals surface area contributed by atoms with E-state index in [2.05, 4.69) is 19.9 Å². The lowest BCUT2D eigenvalue weighted by atomic mass is 10.2. The van der Waals surface area contributed by atoms with Gasteiger partial charge in [0.2, 0.25) is 0 Å². The normalized spacial score (nSPS) is 22.9. The summed E-state index contributed by atoms with van der Waals surface area (Å²) in [5.41, 5.74) is 0. The van der Waals surface area contributed by atoms with Crippen molar-refractivity contribution in [3.05, 3.63) is 16.9 Å². The van der Waals surface area contributed by atoms with Gasteiger partial charge in [-0.25, -0.2) is 0 Å². The van der Waals surface area contributed by atoms with Gasteiger partial charge in [0.1, 0.15) is 0 Å². The van der Waals surface area contributed by atoms with Crippen LogP contribution in [0.15, 0.2) is 11.0 Å². The summed E-state index contributed by atoms with van der Waals surface area (Å²) in [6, 6.07) is 0. The molecule has 0 aromatic rings. The van der Waals surface area contributed by atoms with Crippen LogP contribution >= 0.6 is 11.8 Å².